The zero-order valence-corrected chi connectivity index (χ0v) is 11.1. The lowest BCUT2D eigenvalue weighted by atomic mass is 10.2. The van der Waals surface area contributed by atoms with Gasteiger partial charge in [-0.3, -0.25) is 0 Å². The van der Waals surface area contributed by atoms with Crippen LogP contribution in [0.25, 0.3) is 11.3 Å². The van der Waals surface area contributed by atoms with Gasteiger partial charge in [-0.05, 0) is 12.1 Å². The highest BCUT2D eigenvalue weighted by molar-refractivity contribution is 9.10. The zero-order valence-electron chi connectivity index (χ0n) is 8.74. The maximum Gasteiger partial charge on any atom is 0.155 e. The van der Waals surface area contributed by atoms with Crippen LogP contribution < -0.4 is 5.73 Å². The molecule has 2 N–H and O–H groups in total. The number of nitrogens with zero attached hydrogens (tertiary/aromatic N) is 2. The topological polar surface area (TPSA) is 43.8 Å². The van der Waals surface area contributed by atoms with Crippen LogP contribution in [-0.2, 0) is 13.6 Å². The van der Waals surface area contributed by atoms with Gasteiger partial charge in [-0.1, -0.05) is 39.7 Å². The van der Waals surface area contributed by atoms with Crippen LogP contribution >= 0.6 is 27.5 Å². The minimum atomic E-state index is 0.379. The number of rotatable bonds is 2. The summed E-state index contributed by atoms with van der Waals surface area (Å²) in [6.45, 7) is 0.379. The van der Waals surface area contributed by atoms with E-state index >= 15 is 0 Å². The number of imidazole rings is 1. The largest absolute Gasteiger partial charge is 0.329 e. The Morgan fingerprint density at radius 1 is 1.50 bits per heavy atom. The zero-order chi connectivity index (χ0) is 11.7. The first-order valence-corrected chi connectivity index (χ1v) is 5.97. The predicted octanol–water partition coefficient (Wildman–Crippen LogP) is 2.96. The Balaban J connectivity index is 2.60. The van der Waals surface area contributed by atoms with Crippen molar-refractivity contribution in [1.82, 2.24) is 9.55 Å². The van der Waals surface area contributed by atoms with Crippen molar-refractivity contribution in [2.24, 2.45) is 12.8 Å². The first-order chi connectivity index (χ1) is 7.63. The Labute approximate surface area is 107 Å². The molecule has 0 radical (unpaired) electrons. The van der Waals surface area contributed by atoms with Gasteiger partial charge in [0.15, 0.2) is 5.15 Å². The van der Waals surface area contributed by atoms with E-state index in [4.69, 9.17) is 17.3 Å². The van der Waals surface area contributed by atoms with Crippen LogP contribution in [0.1, 0.15) is 5.82 Å². The number of hydrogen-bond donors (Lipinski definition) is 1. The average Bonchev–Trinajstić information content (AvgIpc) is 2.53. The van der Waals surface area contributed by atoms with E-state index in [2.05, 4.69) is 20.9 Å². The molecule has 0 atom stereocenters. The first kappa shape index (κ1) is 11.6. The van der Waals surface area contributed by atoms with Gasteiger partial charge in [-0.2, -0.15) is 0 Å². The summed E-state index contributed by atoms with van der Waals surface area (Å²) in [5.74, 6) is 0.778. The molecule has 2 aromatic rings. The third-order valence-electron chi connectivity index (χ3n) is 2.43. The predicted molar refractivity (Wildman–Crippen MR) is 69.2 cm³/mol. The fourth-order valence-corrected chi connectivity index (χ4v) is 2.37. The molecule has 16 heavy (non-hydrogen) atoms. The van der Waals surface area contributed by atoms with Gasteiger partial charge < -0.3 is 10.3 Å². The van der Waals surface area contributed by atoms with E-state index in [-0.39, 0.29) is 0 Å². The Bertz CT molecular complexity index is 522. The molecule has 0 aliphatic rings. The second kappa shape index (κ2) is 4.57. The normalized spacial score (nSPS) is 10.8. The molecular formula is C11H11BrClN3. The lowest BCUT2D eigenvalue weighted by Gasteiger charge is -2.05. The summed E-state index contributed by atoms with van der Waals surface area (Å²) in [6, 6.07) is 7.93. The van der Waals surface area contributed by atoms with Crippen molar-refractivity contribution in [3.63, 3.8) is 0 Å². The monoisotopic (exact) mass is 299 g/mol. The van der Waals surface area contributed by atoms with Gasteiger partial charge in [0, 0.05) is 17.1 Å². The highest BCUT2D eigenvalue weighted by atomic mass is 79.9. The third-order valence-corrected chi connectivity index (χ3v) is 3.18. The van der Waals surface area contributed by atoms with Crippen LogP contribution in [0.2, 0.25) is 5.15 Å². The van der Waals surface area contributed by atoms with E-state index < -0.39 is 0 Å². The highest BCUT2D eigenvalue weighted by Crippen LogP contribution is 2.29. The minimum Gasteiger partial charge on any atom is -0.329 e. The molecule has 1 heterocycles. The third kappa shape index (κ3) is 2.00. The van der Waals surface area contributed by atoms with Gasteiger partial charge in [0.25, 0.3) is 0 Å². The van der Waals surface area contributed by atoms with Gasteiger partial charge in [-0.15, -0.1) is 0 Å². The minimum absolute atomic E-state index is 0.379. The van der Waals surface area contributed by atoms with E-state index in [0.29, 0.717) is 11.7 Å². The fraction of sp³-hybridized carbons (Fsp3) is 0.182. The second-order valence-corrected chi connectivity index (χ2v) is 4.71. The van der Waals surface area contributed by atoms with Crippen LogP contribution in [0.15, 0.2) is 28.7 Å². The number of aromatic nitrogens is 2. The standard InChI is InChI=1S/C11H11BrClN3/c1-16-9(6-14)15-11(13)10(16)7-3-2-4-8(12)5-7/h2-5H,6,14H2,1H3. The van der Waals surface area contributed by atoms with Crippen LogP contribution in [0.3, 0.4) is 0 Å². The molecule has 1 aromatic carbocycles. The molecule has 1 aromatic heterocycles. The Hall–Kier alpha value is -0.840. The number of benzene rings is 1. The van der Waals surface area contributed by atoms with Gasteiger partial charge in [0.1, 0.15) is 5.82 Å². The van der Waals surface area contributed by atoms with E-state index in [1.807, 2.05) is 35.9 Å². The first-order valence-electron chi connectivity index (χ1n) is 4.80. The summed E-state index contributed by atoms with van der Waals surface area (Å²) < 4.78 is 2.93. The van der Waals surface area contributed by atoms with Gasteiger partial charge >= 0.3 is 0 Å². The van der Waals surface area contributed by atoms with Crippen molar-refractivity contribution in [3.05, 3.63) is 39.7 Å². The van der Waals surface area contributed by atoms with Crippen molar-refractivity contribution in [2.45, 2.75) is 6.54 Å². The molecule has 0 aliphatic heterocycles. The number of hydrogen-bond acceptors (Lipinski definition) is 2. The van der Waals surface area contributed by atoms with Crippen LogP contribution in [0, 0.1) is 0 Å². The molecule has 0 fully saturated rings. The SMILES string of the molecule is Cn1c(CN)nc(Cl)c1-c1cccc(Br)c1. The quantitative estimate of drug-likeness (QED) is 0.926. The van der Waals surface area contributed by atoms with E-state index in [1.54, 1.807) is 0 Å². The van der Waals surface area contributed by atoms with Crippen LogP contribution in [0.5, 0.6) is 0 Å². The van der Waals surface area contributed by atoms with Crippen molar-refractivity contribution < 1.29 is 0 Å². The molecule has 0 bridgehead atoms. The summed E-state index contributed by atoms with van der Waals surface area (Å²) in [6.07, 6.45) is 0. The molecule has 0 aliphatic carbocycles. The van der Waals surface area contributed by atoms with Crippen molar-refractivity contribution in [1.29, 1.82) is 0 Å². The fourth-order valence-electron chi connectivity index (χ4n) is 1.64. The van der Waals surface area contributed by atoms with E-state index in [9.17, 15) is 0 Å². The van der Waals surface area contributed by atoms with Crippen molar-refractivity contribution in [2.75, 3.05) is 0 Å². The Kier molecular flexibility index (Phi) is 3.33. The van der Waals surface area contributed by atoms with Gasteiger partial charge in [-0.25, -0.2) is 4.98 Å². The van der Waals surface area contributed by atoms with Crippen molar-refractivity contribution in [3.8, 4) is 11.3 Å². The summed E-state index contributed by atoms with van der Waals surface area (Å²) in [5.41, 5.74) is 7.50. The van der Waals surface area contributed by atoms with Crippen molar-refractivity contribution >= 4 is 27.5 Å². The molecule has 3 nitrogen and oxygen atoms in total. The maximum atomic E-state index is 6.11. The number of nitrogens with two attached hydrogens (primary N) is 1. The number of halogens is 2. The molecule has 0 unspecified atom stereocenters. The van der Waals surface area contributed by atoms with Gasteiger partial charge in [0.05, 0.1) is 12.2 Å². The summed E-state index contributed by atoms with van der Waals surface area (Å²) in [4.78, 5) is 4.22. The van der Waals surface area contributed by atoms with E-state index in [0.717, 1.165) is 21.6 Å². The summed E-state index contributed by atoms with van der Waals surface area (Å²) >= 11 is 9.55. The summed E-state index contributed by atoms with van der Waals surface area (Å²) in [7, 11) is 1.91. The molecule has 5 heteroatoms. The van der Waals surface area contributed by atoms with Gasteiger partial charge in [0.2, 0.25) is 0 Å². The van der Waals surface area contributed by atoms with Crippen LogP contribution in [0.4, 0.5) is 0 Å². The molecule has 0 saturated heterocycles. The molecule has 2 rings (SSSR count). The van der Waals surface area contributed by atoms with Crippen LogP contribution in [-0.4, -0.2) is 9.55 Å². The average molecular weight is 301 g/mol. The lowest BCUT2D eigenvalue weighted by molar-refractivity contribution is 0.799. The maximum absolute atomic E-state index is 6.11. The molecular weight excluding hydrogens is 289 g/mol. The summed E-state index contributed by atoms with van der Waals surface area (Å²) in [5, 5.41) is 0.487. The lowest BCUT2D eigenvalue weighted by Crippen LogP contribution is -2.05. The highest BCUT2D eigenvalue weighted by Gasteiger charge is 2.13. The Morgan fingerprint density at radius 3 is 2.81 bits per heavy atom. The molecule has 0 amide bonds. The molecule has 84 valence electrons. The molecule has 0 saturated carbocycles. The second-order valence-electron chi connectivity index (χ2n) is 3.44. The molecule has 0 spiro atoms. The Morgan fingerprint density at radius 2 is 2.25 bits per heavy atom. The smallest absolute Gasteiger partial charge is 0.155 e. The van der Waals surface area contributed by atoms with E-state index in [1.165, 1.54) is 0 Å².